The summed E-state index contributed by atoms with van der Waals surface area (Å²) in [6.45, 7) is 5.08. The van der Waals surface area contributed by atoms with E-state index in [4.69, 9.17) is 4.74 Å². The topological polar surface area (TPSA) is 54.7 Å². The number of carbonyl (C=O) groups excluding carboxylic acids is 1. The second-order valence-electron chi connectivity index (χ2n) is 7.75. The third-order valence-electron chi connectivity index (χ3n) is 5.90. The number of fused-ring (bicyclic) bond motifs is 2. The number of aromatic hydroxyl groups is 1. The average molecular weight is 400 g/mol. The van der Waals surface area contributed by atoms with Gasteiger partial charge < -0.3 is 14.4 Å². The second kappa shape index (κ2) is 7.94. The van der Waals surface area contributed by atoms with Crippen LogP contribution in [0, 0.1) is 0 Å². The van der Waals surface area contributed by atoms with Crippen LogP contribution in [0.1, 0.15) is 15.9 Å². The standard InChI is InChI=1S/C25H24N2O3/c28-19-8-9-24-22(16-19)23(17-27(24)11-10-26-12-14-30-15-13-26)25(29)21-7-3-5-18-4-1-2-6-20(18)21/h1-9,16-17,28H,10-15H2. The Balaban J connectivity index is 1.54. The molecule has 30 heavy (non-hydrogen) atoms. The number of nitrogens with zero attached hydrogens (tertiary/aromatic N) is 2. The number of aromatic nitrogens is 1. The zero-order valence-electron chi connectivity index (χ0n) is 16.8. The number of hydrogen-bond acceptors (Lipinski definition) is 4. The van der Waals surface area contributed by atoms with Gasteiger partial charge >= 0.3 is 0 Å². The van der Waals surface area contributed by atoms with Gasteiger partial charge in [-0.05, 0) is 29.0 Å². The number of carbonyl (C=O) groups is 1. The van der Waals surface area contributed by atoms with Crippen LogP contribution in [-0.4, -0.2) is 53.2 Å². The van der Waals surface area contributed by atoms with Crippen LogP contribution in [0.4, 0.5) is 0 Å². The predicted octanol–water partition coefficient (Wildman–Crippen LogP) is 4.06. The monoisotopic (exact) mass is 400 g/mol. The van der Waals surface area contributed by atoms with Gasteiger partial charge in [-0.2, -0.15) is 0 Å². The van der Waals surface area contributed by atoms with Crippen LogP contribution in [-0.2, 0) is 11.3 Å². The first-order valence-corrected chi connectivity index (χ1v) is 10.3. The third kappa shape index (κ3) is 3.47. The van der Waals surface area contributed by atoms with Crippen molar-refractivity contribution in [3.8, 4) is 5.75 Å². The molecule has 0 unspecified atom stereocenters. The fourth-order valence-electron chi connectivity index (χ4n) is 4.29. The van der Waals surface area contributed by atoms with Gasteiger partial charge in [0.15, 0.2) is 5.78 Å². The van der Waals surface area contributed by atoms with Crippen molar-refractivity contribution in [2.75, 3.05) is 32.8 Å². The number of ether oxygens (including phenoxy) is 1. The van der Waals surface area contributed by atoms with E-state index in [1.54, 1.807) is 12.1 Å². The average Bonchev–Trinajstić information content (AvgIpc) is 3.15. The van der Waals surface area contributed by atoms with E-state index in [2.05, 4.69) is 9.47 Å². The molecule has 5 nitrogen and oxygen atoms in total. The maximum absolute atomic E-state index is 13.6. The molecule has 5 heteroatoms. The highest BCUT2D eigenvalue weighted by atomic mass is 16.5. The predicted molar refractivity (Wildman–Crippen MR) is 118 cm³/mol. The SMILES string of the molecule is O=C(c1cccc2ccccc12)c1cn(CCN2CCOCC2)c2ccc(O)cc12. The second-order valence-corrected chi connectivity index (χ2v) is 7.75. The summed E-state index contributed by atoms with van der Waals surface area (Å²) < 4.78 is 7.56. The summed E-state index contributed by atoms with van der Waals surface area (Å²) in [7, 11) is 0. The maximum Gasteiger partial charge on any atom is 0.195 e. The van der Waals surface area contributed by atoms with Crippen LogP contribution in [0.3, 0.4) is 0 Å². The molecule has 1 aliphatic heterocycles. The van der Waals surface area contributed by atoms with Crippen LogP contribution in [0.15, 0.2) is 66.9 Å². The highest BCUT2D eigenvalue weighted by Gasteiger charge is 2.19. The third-order valence-corrected chi connectivity index (χ3v) is 5.90. The van der Waals surface area contributed by atoms with Gasteiger partial charge in [0.05, 0.1) is 13.2 Å². The molecule has 2 heterocycles. The highest BCUT2D eigenvalue weighted by molar-refractivity contribution is 6.21. The summed E-state index contributed by atoms with van der Waals surface area (Å²) in [5, 5.41) is 12.9. The lowest BCUT2D eigenvalue weighted by atomic mass is 9.97. The molecule has 1 saturated heterocycles. The van der Waals surface area contributed by atoms with Gasteiger partial charge in [0.25, 0.3) is 0 Å². The minimum absolute atomic E-state index is 0.0208. The first-order chi connectivity index (χ1) is 14.7. The van der Waals surface area contributed by atoms with Gasteiger partial charge in [0.2, 0.25) is 0 Å². The number of rotatable bonds is 5. The van der Waals surface area contributed by atoms with Crippen molar-refractivity contribution in [2.24, 2.45) is 0 Å². The summed E-state index contributed by atoms with van der Waals surface area (Å²) in [5.74, 6) is 0.146. The number of ketones is 1. The molecule has 1 aromatic heterocycles. The lowest BCUT2D eigenvalue weighted by Gasteiger charge is -2.26. The van der Waals surface area contributed by atoms with E-state index < -0.39 is 0 Å². The maximum atomic E-state index is 13.6. The van der Waals surface area contributed by atoms with E-state index in [1.165, 1.54) is 0 Å². The molecule has 152 valence electrons. The minimum Gasteiger partial charge on any atom is -0.508 e. The molecule has 1 N–H and O–H groups in total. The number of morpholine rings is 1. The zero-order chi connectivity index (χ0) is 20.5. The van der Waals surface area contributed by atoms with Crippen LogP contribution in [0.2, 0.25) is 0 Å². The van der Waals surface area contributed by atoms with Crippen molar-refractivity contribution < 1.29 is 14.6 Å². The first kappa shape index (κ1) is 18.9. The van der Waals surface area contributed by atoms with Crippen molar-refractivity contribution in [3.63, 3.8) is 0 Å². The molecule has 3 aromatic carbocycles. The van der Waals surface area contributed by atoms with Crippen LogP contribution < -0.4 is 0 Å². The van der Waals surface area contributed by atoms with Crippen molar-refractivity contribution in [1.29, 1.82) is 0 Å². The van der Waals surface area contributed by atoms with Crippen molar-refractivity contribution in [3.05, 3.63) is 78.0 Å². The number of hydrogen-bond donors (Lipinski definition) is 1. The van der Waals surface area contributed by atoms with Crippen molar-refractivity contribution in [2.45, 2.75) is 6.54 Å². The molecular weight excluding hydrogens is 376 g/mol. The van der Waals surface area contributed by atoms with Crippen molar-refractivity contribution >= 4 is 27.5 Å². The summed E-state index contributed by atoms with van der Waals surface area (Å²) in [6.07, 6.45) is 1.94. The Morgan fingerprint density at radius 1 is 0.900 bits per heavy atom. The molecule has 0 spiro atoms. The van der Waals surface area contributed by atoms with Gasteiger partial charge in [-0.15, -0.1) is 0 Å². The van der Waals surface area contributed by atoms with Gasteiger partial charge in [-0.3, -0.25) is 9.69 Å². The fraction of sp³-hybridized carbons (Fsp3) is 0.240. The summed E-state index contributed by atoms with van der Waals surface area (Å²) >= 11 is 0. The van der Waals surface area contributed by atoms with E-state index in [-0.39, 0.29) is 11.5 Å². The molecule has 0 atom stereocenters. The van der Waals surface area contributed by atoms with Crippen LogP contribution in [0.5, 0.6) is 5.75 Å². The number of benzene rings is 3. The molecule has 0 amide bonds. The molecule has 1 fully saturated rings. The molecule has 0 aliphatic carbocycles. The van der Waals surface area contributed by atoms with E-state index in [0.29, 0.717) is 11.1 Å². The smallest absolute Gasteiger partial charge is 0.195 e. The summed E-state index contributed by atoms with van der Waals surface area (Å²) in [6, 6.07) is 19.0. The Morgan fingerprint density at radius 2 is 1.70 bits per heavy atom. The van der Waals surface area contributed by atoms with E-state index in [9.17, 15) is 9.90 Å². The first-order valence-electron chi connectivity index (χ1n) is 10.3. The molecule has 5 rings (SSSR count). The van der Waals surface area contributed by atoms with Gasteiger partial charge in [-0.1, -0.05) is 42.5 Å². The summed E-state index contributed by atoms with van der Waals surface area (Å²) in [5.41, 5.74) is 2.27. The molecule has 4 aromatic rings. The van der Waals surface area contributed by atoms with Gasteiger partial charge in [0.1, 0.15) is 5.75 Å². The Bertz CT molecular complexity index is 1220. The summed E-state index contributed by atoms with van der Waals surface area (Å²) in [4.78, 5) is 16.0. The number of phenolic OH excluding ortho intramolecular Hbond substituents is 1. The van der Waals surface area contributed by atoms with Crippen LogP contribution in [0.25, 0.3) is 21.7 Å². The van der Waals surface area contributed by atoms with E-state index in [1.807, 2.05) is 54.7 Å². The largest absolute Gasteiger partial charge is 0.508 e. The Labute approximate surface area is 175 Å². The van der Waals surface area contributed by atoms with E-state index >= 15 is 0 Å². The van der Waals surface area contributed by atoms with E-state index in [0.717, 1.165) is 61.1 Å². The molecule has 1 aliphatic rings. The fourth-order valence-corrected chi connectivity index (χ4v) is 4.29. The molecular formula is C25H24N2O3. The highest BCUT2D eigenvalue weighted by Crippen LogP contribution is 2.29. The zero-order valence-corrected chi connectivity index (χ0v) is 16.8. The molecule has 0 saturated carbocycles. The Kier molecular flexibility index (Phi) is 4.99. The van der Waals surface area contributed by atoms with Gasteiger partial charge in [-0.25, -0.2) is 0 Å². The Hall–Kier alpha value is -3.15. The Morgan fingerprint density at radius 3 is 2.57 bits per heavy atom. The lowest BCUT2D eigenvalue weighted by Crippen LogP contribution is -2.38. The normalized spacial score (nSPS) is 15.1. The molecule has 0 bridgehead atoms. The van der Waals surface area contributed by atoms with Crippen molar-refractivity contribution in [1.82, 2.24) is 9.47 Å². The minimum atomic E-state index is -0.0208. The van der Waals surface area contributed by atoms with Crippen LogP contribution >= 0.6 is 0 Å². The lowest BCUT2D eigenvalue weighted by molar-refractivity contribution is 0.0365. The van der Waals surface area contributed by atoms with Gasteiger partial charge in [0, 0.05) is 54.4 Å². The number of phenols is 1. The molecule has 0 radical (unpaired) electrons. The quantitative estimate of drug-likeness (QED) is 0.513.